The number of carbonyl (C=O) groups is 1. The van der Waals surface area contributed by atoms with Crippen LogP contribution >= 0.6 is 15.9 Å². The van der Waals surface area contributed by atoms with Gasteiger partial charge in [-0.15, -0.1) is 0 Å². The molecule has 2 aromatic heterocycles. The molecule has 0 bridgehead atoms. The Bertz CT molecular complexity index is 586. The molecule has 0 spiro atoms. The van der Waals surface area contributed by atoms with Crippen LogP contribution in [0.4, 0.5) is 0 Å². The number of ketones is 1. The number of hydrogen-bond acceptors (Lipinski definition) is 3. The Kier molecular flexibility index (Phi) is 3.28. The van der Waals surface area contributed by atoms with Crippen molar-refractivity contribution in [3.63, 3.8) is 0 Å². The summed E-state index contributed by atoms with van der Waals surface area (Å²) in [4.78, 5) is 21.0. The number of allylic oxidation sites excluding steroid dienone is 1. The molecule has 0 atom stereocenters. The topological polar surface area (TPSA) is 49.0 Å². The first-order valence-electron chi connectivity index (χ1n) is 5.09. The molecule has 0 aliphatic heterocycles. The summed E-state index contributed by atoms with van der Waals surface area (Å²) in [7, 11) is 3.74. The number of rotatable bonds is 3. The van der Waals surface area contributed by atoms with E-state index in [1.165, 1.54) is 0 Å². The highest BCUT2D eigenvalue weighted by Gasteiger charge is 2.10. The van der Waals surface area contributed by atoms with Crippen LogP contribution in [-0.2, 0) is 0 Å². The van der Waals surface area contributed by atoms with Gasteiger partial charge in [-0.2, -0.15) is 0 Å². The zero-order chi connectivity index (χ0) is 12.4. The van der Waals surface area contributed by atoms with Crippen LogP contribution in [0, 0.1) is 0 Å². The molecule has 0 saturated carbocycles. The maximum Gasteiger partial charge on any atom is 0.189 e. The van der Waals surface area contributed by atoms with Crippen molar-refractivity contribution in [2.24, 2.45) is 0 Å². The van der Waals surface area contributed by atoms with E-state index in [1.54, 1.807) is 24.7 Å². The number of nitrogens with zero attached hydrogens (tertiary/aromatic N) is 2. The van der Waals surface area contributed by atoms with Crippen molar-refractivity contribution in [2.75, 3.05) is 14.1 Å². The Hall–Kier alpha value is -1.62. The second-order valence-electron chi connectivity index (χ2n) is 3.90. The summed E-state index contributed by atoms with van der Waals surface area (Å²) in [6.45, 7) is 0. The van der Waals surface area contributed by atoms with Crippen molar-refractivity contribution in [3.8, 4) is 0 Å². The van der Waals surface area contributed by atoms with Gasteiger partial charge in [-0.05, 0) is 22.0 Å². The maximum absolute atomic E-state index is 12.0. The third-order valence-electron chi connectivity index (χ3n) is 2.29. The number of carbonyl (C=O) groups excluding carboxylic acids is 1. The van der Waals surface area contributed by atoms with Crippen molar-refractivity contribution in [2.45, 2.75) is 0 Å². The molecule has 0 fully saturated rings. The zero-order valence-corrected chi connectivity index (χ0v) is 11.2. The molecule has 0 aliphatic rings. The molecular weight excluding hydrogens is 282 g/mol. The molecule has 0 amide bonds. The molecule has 88 valence electrons. The van der Waals surface area contributed by atoms with Gasteiger partial charge in [0.2, 0.25) is 0 Å². The lowest BCUT2D eigenvalue weighted by Crippen LogP contribution is -2.02. The lowest BCUT2D eigenvalue weighted by Gasteiger charge is -2.02. The quantitative estimate of drug-likeness (QED) is 0.699. The highest BCUT2D eigenvalue weighted by atomic mass is 79.9. The fraction of sp³-hybridized carbons (Fsp3) is 0.167. The third-order valence-corrected chi connectivity index (χ3v) is 2.72. The molecule has 4 nitrogen and oxygen atoms in total. The summed E-state index contributed by atoms with van der Waals surface area (Å²) < 4.78 is 0.857. The van der Waals surface area contributed by atoms with E-state index in [0.29, 0.717) is 5.56 Å². The molecule has 17 heavy (non-hydrogen) atoms. The average molecular weight is 294 g/mol. The molecule has 5 heteroatoms. The van der Waals surface area contributed by atoms with Crippen LogP contribution in [0.3, 0.4) is 0 Å². The molecule has 2 heterocycles. The van der Waals surface area contributed by atoms with Crippen LogP contribution in [-0.4, -0.2) is 34.7 Å². The van der Waals surface area contributed by atoms with Crippen LogP contribution < -0.4 is 0 Å². The Balaban J connectivity index is 2.42. The van der Waals surface area contributed by atoms with Gasteiger partial charge in [0.25, 0.3) is 0 Å². The summed E-state index contributed by atoms with van der Waals surface area (Å²) >= 11 is 3.35. The number of nitrogens with one attached hydrogen (secondary N) is 1. The summed E-state index contributed by atoms with van der Waals surface area (Å²) in [5, 5.41) is 0.827. The van der Waals surface area contributed by atoms with Crippen LogP contribution in [0.25, 0.3) is 11.0 Å². The summed E-state index contributed by atoms with van der Waals surface area (Å²) in [5.41, 5.74) is 1.35. The first-order valence-corrected chi connectivity index (χ1v) is 5.89. The van der Waals surface area contributed by atoms with Gasteiger partial charge < -0.3 is 9.88 Å². The van der Waals surface area contributed by atoms with Gasteiger partial charge in [0.05, 0.1) is 0 Å². The number of hydrogen-bond donors (Lipinski definition) is 1. The van der Waals surface area contributed by atoms with Gasteiger partial charge in [0.1, 0.15) is 5.65 Å². The van der Waals surface area contributed by atoms with Gasteiger partial charge in [0, 0.05) is 54.2 Å². The van der Waals surface area contributed by atoms with E-state index in [2.05, 4.69) is 25.9 Å². The highest BCUT2D eigenvalue weighted by molar-refractivity contribution is 9.10. The van der Waals surface area contributed by atoms with Crippen molar-refractivity contribution >= 4 is 32.7 Å². The lowest BCUT2D eigenvalue weighted by atomic mass is 10.1. The second-order valence-corrected chi connectivity index (χ2v) is 4.81. The molecule has 1 N–H and O–H groups in total. The number of H-pyrrole nitrogens is 1. The maximum atomic E-state index is 12.0. The standard InChI is InChI=1S/C12H12BrN3O/c1-16(2)4-3-11(17)10-7-15-12-9(10)5-8(13)6-14-12/h3-7H,1-2H3,(H,14,15)/b4-3+. The monoisotopic (exact) mass is 293 g/mol. The second kappa shape index (κ2) is 4.71. The van der Waals surface area contributed by atoms with Crippen molar-refractivity contribution < 1.29 is 4.79 Å². The Labute approximate surface area is 107 Å². The predicted molar refractivity (Wildman–Crippen MR) is 71.0 cm³/mol. The molecule has 0 unspecified atom stereocenters. The molecule has 2 rings (SSSR count). The van der Waals surface area contributed by atoms with Gasteiger partial charge in [-0.25, -0.2) is 4.98 Å². The van der Waals surface area contributed by atoms with Gasteiger partial charge >= 0.3 is 0 Å². The Morgan fingerprint density at radius 1 is 1.53 bits per heavy atom. The molecule has 0 aromatic carbocycles. The predicted octanol–water partition coefficient (Wildman–Crippen LogP) is 2.58. The molecular formula is C12H12BrN3O. The van der Waals surface area contributed by atoms with Crippen LogP contribution in [0.15, 0.2) is 35.2 Å². The van der Waals surface area contributed by atoms with Crippen LogP contribution in [0.2, 0.25) is 0 Å². The average Bonchev–Trinajstić information content (AvgIpc) is 2.68. The smallest absolute Gasteiger partial charge is 0.189 e. The van der Waals surface area contributed by atoms with Crippen molar-refractivity contribution in [1.82, 2.24) is 14.9 Å². The molecule has 2 aromatic rings. The number of aromatic nitrogens is 2. The minimum atomic E-state index is -0.0372. The molecule has 0 saturated heterocycles. The minimum absolute atomic E-state index is 0.0372. The fourth-order valence-corrected chi connectivity index (χ4v) is 1.82. The molecule has 0 aliphatic carbocycles. The van der Waals surface area contributed by atoms with E-state index in [4.69, 9.17) is 0 Å². The van der Waals surface area contributed by atoms with Crippen LogP contribution in [0.5, 0.6) is 0 Å². The van der Waals surface area contributed by atoms with E-state index in [9.17, 15) is 4.79 Å². The van der Waals surface area contributed by atoms with E-state index in [-0.39, 0.29) is 5.78 Å². The summed E-state index contributed by atoms with van der Waals surface area (Å²) in [6.07, 6.45) is 6.66. The van der Waals surface area contributed by atoms with E-state index in [0.717, 1.165) is 15.5 Å². The lowest BCUT2D eigenvalue weighted by molar-refractivity contribution is 0.104. The van der Waals surface area contributed by atoms with Gasteiger partial charge in [0.15, 0.2) is 5.78 Å². The molecule has 0 radical (unpaired) electrons. The van der Waals surface area contributed by atoms with E-state index in [1.807, 2.05) is 25.1 Å². The largest absolute Gasteiger partial charge is 0.383 e. The fourth-order valence-electron chi connectivity index (χ4n) is 1.49. The zero-order valence-electron chi connectivity index (χ0n) is 9.57. The normalized spacial score (nSPS) is 11.2. The van der Waals surface area contributed by atoms with Crippen molar-refractivity contribution in [3.05, 3.63) is 40.8 Å². The van der Waals surface area contributed by atoms with Crippen LogP contribution in [0.1, 0.15) is 10.4 Å². The number of halogens is 1. The van der Waals surface area contributed by atoms with Crippen molar-refractivity contribution in [1.29, 1.82) is 0 Å². The number of pyridine rings is 1. The number of fused-ring (bicyclic) bond motifs is 1. The summed E-state index contributed by atoms with van der Waals surface area (Å²) in [6, 6.07) is 1.88. The highest BCUT2D eigenvalue weighted by Crippen LogP contribution is 2.21. The first kappa shape index (κ1) is 11.9. The first-order chi connectivity index (χ1) is 8.08. The number of aromatic amines is 1. The summed E-state index contributed by atoms with van der Waals surface area (Å²) in [5.74, 6) is -0.0372. The van der Waals surface area contributed by atoms with E-state index < -0.39 is 0 Å². The van der Waals surface area contributed by atoms with Gasteiger partial charge in [-0.3, -0.25) is 4.79 Å². The Morgan fingerprint density at radius 2 is 2.29 bits per heavy atom. The third kappa shape index (κ3) is 2.55. The Morgan fingerprint density at radius 3 is 3.00 bits per heavy atom. The minimum Gasteiger partial charge on any atom is -0.383 e. The van der Waals surface area contributed by atoms with E-state index >= 15 is 0 Å². The van der Waals surface area contributed by atoms with Gasteiger partial charge in [-0.1, -0.05) is 0 Å². The SMILES string of the molecule is CN(C)/C=C/C(=O)c1c[nH]c2ncc(Br)cc12.